The molecule has 1 heterocycles. The zero-order valence-corrected chi connectivity index (χ0v) is 11.8. The number of carboxylic acids is 1. The van der Waals surface area contributed by atoms with Crippen molar-refractivity contribution in [3.8, 4) is 0 Å². The smallest absolute Gasteiger partial charge is 0.325 e. The maximum absolute atomic E-state index is 11.2. The molecule has 0 aliphatic carbocycles. The maximum Gasteiger partial charge on any atom is 0.325 e. The normalized spacial score (nSPS) is 25.5. The van der Waals surface area contributed by atoms with Crippen LogP contribution in [0.1, 0.15) is 36.1 Å². The molecule has 3 N–H and O–H groups in total. The number of hydrogen-bond acceptors (Lipinski definition) is 3. The minimum absolute atomic E-state index is 0.198. The highest BCUT2D eigenvalue weighted by Crippen LogP contribution is 2.29. The van der Waals surface area contributed by atoms with Crippen molar-refractivity contribution in [2.45, 2.75) is 38.8 Å². The Hall–Kier alpha value is -1.39. The van der Waals surface area contributed by atoms with Crippen molar-refractivity contribution < 1.29 is 9.90 Å². The number of aryl methyl sites for hydroxylation is 2. The minimum Gasteiger partial charge on any atom is -0.480 e. The summed E-state index contributed by atoms with van der Waals surface area (Å²) < 4.78 is 0. The van der Waals surface area contributed by atoms with E-state index >= 15 is 0 Å². The van der Waals surface area contributed by atoms with Crippen LogP contribution in [0.15, 0.2) is 18.2 Å². The molecule has 0 amide bonds. The molecule has 0 saturated carbocycles. The van der Waals surface area contributed by atoms with Crippen LogP contribution < -0.4 is 5.73 Å². The lowest BCUT2D eigenvalue weighted by Gasteiger charge is -2.26. The summed E-state index contributed by atoms with van der Waals surface area (Å²) in [7, 11) is 0. The fourth-order valence-electron chi connectivity index (χ4n) is 2.60. The monoisotopic (exact) mass is 262 g/mol. The van der Waals surface area contributed by atoms with Crippen LogP contribution >= 0.6 is 0 Å². The summed E-state index contributed by atoms with van der Waals surface area (Å²) in [5, 5.41) is 9.17. The second-order valence-electron chi connectivity index (χ2n) is 5.70. The first kappa shape index (κ1) is 14.0. The van der Waals surface area contributed by atoms with Gasteiger partial charge in [0.05, 0.1) is 0 Å². The van der Waals surface area contributed by atoms with Crippen LogP contribution in [-0.2, 0) is 4.79 Å². The summed E-state index contributed by atoms with van der Waals surface area (Å²) in [6, 6.07) is 6.61. The van der Waals surface area contributed by atoms with Crippen LogP contribution in [0, 0.1) is 13.8 Å². The van der Waals surface area contributed by atoms with Gasteiger partial charge in [0.2, 0.25) is 0 Å². The van der Waals surface area contributed by atoms with E-state index in [9.17, 15) is 9.90 Å². The van der Waals surface area contributed by atoms with Gasteiger partial charge >= 0.3 is 5.97 Å². The molecule has 2 atom stereocenters. The standard InChI is InChI=1S/C15H22N2O2/c1-10-4-5-13(8-11(10)2)12(3)17-7-6-15(16,9-17)14(18)19/h4-5,8,12H,6-7,9,16H2,1-3H3,(H,18,19). The van der Waals surface area contributed by atoms with E-state index in [0.29, 0.717) is 13.0 Å². The van der Waals surface area contributed by atoms with Crippen molar-refractivity contribution in [1.29, 1.82) is 0 Å². The van der Waals surface area contributed by atoms with Gasteiger partial charge in [0.15, 0.2) is 0 Å². The predicted octanol–water partition coefficient (Wildman–Crippen LogP) is 1.85. The molecular formula is C15H22N2O2. The molecule has 0 aromatic heterocycles. The highest BCUT2D eigenvalue weighted by atomic mass is 16.4. The van der Waals surface area contributed by atoms with Gasteiger partial charge in [-0.1, -0.05) is 18.2 Å². The average Bonchev–Trinajstić information content (AvgIpc) is 2.76. The Kier molecular flexibility index (Phi) is 3.65. The van der Waals surface area contributed by atoms with Gasteiger partial charge in [0, 0.05) is 19.1 Å². The highest BCUT2D eigenvalue weighted by Gasteiger charge is 2.42. The third-order valence-electron chi connectivity index (χ3n) is 4.32. The van der Waals surface area contributed by atoms with Crippen molar-refractivity contribution in [2.75, 3.05) is 13.1 Å². The maximum atomic E-state index is 11.2. The molecule has 1 aromatic rings. The Morgan fingerprint density at radius 1 is 1.42 bits per heavy atom. The van der Waals surface area contributed by atoms with Gasteiger partial charge in [-0.25, -0.2) is 0 Å². The summed E-state index contributed by atoms with van der Waals surface area (Å²) in [4.78, 5) is 13.3. The van der Waals surface area contributed by atoms with Crippen molar-refractivity contribution in [3.05, 3.63) is 34.9 Å². The molecule has 1 fully saturated rings. The Morgan fingerprint density at radius 2 is 2.11 bits per heavy atom. The summed E-state index contributed by atoms with van der Waals surface area (Å²) in [5.41, 5.74) is 8.59. The zero-order chi connectivity index (χ0) is 14.2. The third-order valence-corrected chi connectivity index (χ3v) is 4.32. The quantitative estimate of drug-likeness (QED) is 0.872. The number of benzene rings is 1. The molecule has 0 spiro atoms. The van der Waals surface area contributed by atoms with E-state index in [1.165, 1.54) is 16.7 Å². The fourth-order valence-corrected chi connectivity index (χ4v) is 2.60. The topological polar surface area (TPSA) is 66.6 Å². The minimum atomic E-state index is -1.09. The number of rotatable bonds is 3. The van der Waals surface area contributed by atoms with Crippen LogP contribution in [-0.4, -0.2) is 34.6 Å². The van der Waals surface area contributed by atoms with Crippen LogP contribution in [0.3, 0.4) is 0 Å². The first-order chi connectivity index (χ1) is 8.83. The van der Waals surface area contributed by atoms with Gasteiger partial charge in [-0.05, 0) is 43.9 Å². The molecule has 4 heteroatoms. The van der Waals surface area contributed by atoms with E-state index in [-0.39, 0.29) is 6.04 Å². The Bertz CT molecular complexity index is 501. The van der Waals surface area contributed by atoms with E-state index in [1.54, 1.807) is 0 Å². The first-order valence-electron chi connectivity index (χ1n) is 6.67. The summed E-state index contributed by atoms with van der Waals surface area (Å²) in [5.74, 6) is -0.901. The predicted molar refractivity (Wildman–Crippen MR) is 75.1 cm³/mol. The number of hydrogen-bond donors (Lipinski definition) is 2. The first-order valence-corrected chi connectivity index (χ1v) is 6.67. The van der Waals surface area contributed by atoms with Crippen molar-refractivity contribution in [2.24, 2.45) is 5.73 Å². The number of carbonyl (C=O) groups is 1. The molecular weight excluding hydrogens is 240 g/mol. The van der Waals surface area contributed by atoms with Gasteiger partial charge in [0.1, 0.15) is 5.54 Å². The van der Waals surface area contributed by atoms with E-state index in [2.05, 4.69) is 43.9 Å². The van der Waals surface area contributed by atoms with Crippen LogP contribution in [0.5, 0.6) is 0 Å². The Balaban J connectivity index is 2.15. The van der Waals surface area contributed by atoms with Crippen molar-refractivity contribution in [3.63, 3.8) is 0 Å². The Labute approximate surface area is 114 Å². The molecule has 1 saturated heterocycles. The van der Waals surface area contributed by atoms with Crippen molar-refractivity contribution in [1.82, 2.24) is 4.90 Å². The van der Waals surface area contributed by atoms with E-state index in [1.807, 2.05) is 0 Å². The molecule has 1 aliphatic heterocycles. The second-order valence-corrected chi connectivity index (χ2v) is 5.70. The van der Waals surface area contributed by atoms with Gasteiger partial charge in [-0.3, -0.25) is 9.69 Å². The van der Waals surface area contributed by atoms with Gasteiger partial charge in [0.25, 0.3) is 0 Å². The molecule has 0 bridgehead atoms. The molecule has 2 rings (SSSR count). The molecule has 4 nitrogen and oxygen atoms in total. The molecule has 1 aromatic carbocycles. The summed E-state index contributed by atoms with van der Waals surface area (Å²) in [6.07, 6.45) is 0.511. The van der Waals surface area contributed by atoms with Crippen LogP contribution in [0.2, 0.25) is 0 Å². The van der Waals surface area contributed by atoms with Crippen LogP contribution in [0.25, 0.3) is 0 Å². The highest BCUT2D eigenvalue weighted by molar-refractivity contribution is 5.79. The zero-order valence-electron chi connectivity index (χ0n) is 11.8. The lowest BCUT2D eigenvalue weighted by molar-refractivity contribution is -0.142. The molecule has 0 radical (unpaired) electrons. The number of nitrogens with two attached hydrogens (primary N) is 1. The van der Waals surface area contributed by atoms with Gasteiger partial charge in [-0.15, -0.1) is 0 Å². The molecule has 104 valence electrons. The SMILES string of the molecule is Cc1ccc(C(C)N2CCC(N)(C(=O)O)C2)cc1C. The molecule has 1 aliphatic rings. The van der Waals surface area contributed by atoms with E-state index in [4.69, 9.17) is 5.73 Å². The lowest BCUT2D eigenvalue weighted by Crippen LogP contribution is -2.50. The third kappa shape index (κ3) is 2.65. The molecule has 19 heavy (non-hydrogen) atoms. The van der Waals surface area contributed by atoms with E-state index < -0.39 is 11.5 Å². The summed E-state index contributed by atoms with van der Waals surface area (Å²) in [6.45, 7) is 7.44. The van der Waals surface area contributed by atoms with Gasteiger partial charge in [-0.2, -0.15) is 0 Å². The van der Waals surface area contributed by atoms with Crippen molar-refractivity contribution >= 4 is 5.97 Å². The van der Waals surface area contributed by atoms with Crippen LogP contribution in [0.4, 0.5) is 0 Å². The number of aliphatic carboxylic acids is 1. The second kappa shape index (κ2) is 4.94. The number of carboxylic acid groups (broad SMARTS) is 1. The Morgan fingerprint density at radius 3 is 2.63 bits per heavy atom. The average molecular weight is 262 g/mol. The number of likely N-dealkylation sites (tertiary alicyclic amines) is 1. The lowest BCUT2D eigenvalue weighted by atomic mass is 10.00. The fraction of sp³-hybridized carbons (Fsp3) is 0.533. The van der Waals surface area contributed by atoms with E-state index in [0.717, 1.165) is 6.54 Å². The number of nitrogens with zero attached hydrogens (tertiary/aromatic N) is 1. The largest absolute Gasteiger partial charge is 0.480 e. The van der Waals surface area contributed by atoms with Gasteiger partial charge < -0.3 is 10.8 Å². The molecule has 2 unspecified atom stereocenters. The summed E-state index contributed by atoms with van der Waals surface area (Å²) >= 11 is 0.